The van der Waals surface area contributed by atoms with Crippen LogP contribution in [0.25, 0.3) is 22.5 Å². The average Bonchev–Trinajstić information content (AvgIpc) is 3.51. The van der Waals surface area contributed by atoms with Gasteiger partial charge in [-0.05, 0) is 47.9 Å². The molecule has 0 saturated heterocycles. The highest BCUT2D eigenvalue weighted by Crippen LogP contribution is 2.36. The van der Waals surface area contributed by atoms with Gasteiger partial charge in [0.05, 0.1) is 24.3 Å². The number of benzene rings is 2. The minimum atomic E-state index is -0.792. The Bertz CT molecular complexity index is 1470. The van der Waals surface area contributed by atoms with Crippen LogP contribution in [0.3, 0.4) is 0 Å². The summed E-state index contributed by atoms with van der Waals surface area (Å²) in [6, 6.07) is 6.64. The molecule has 2 aromatic heterocycles. The molecule has 1 unspecified atom stereocenters. The number of rotatable bonds is 6. The molecule has 0 aliphatic heterocycles. The first-order valence-corrected chi connectivity index (χ1v) is 11.4. The zero-order valence-corrected chi connectivity index (χ0v) is 20.6. The summed E-state index contributed by atoms with van der Waals surface area (Å²) >= 11 is 6.05. The van der Waals surface area contributed by atoms with Crippen LogP contribution < -0.4 is 16.2 Å². The Labute approximate surface area is 214 Å². The van der Waals surface area contributed by atoms with Crippen LogP contribution in [-0.2, 0) is 13.5 Å². The molecule has 0 saturated carbocycles. The SMILES string of the molecule is CCc1cc(C(=O)NNC(=O)NC(C)c2ccc(-c3cc(Cl)cc(F)c3-c3nnn(C)n3)cc2F)on1. The summed E-state index contributed by atoms with van der Waals surface area (Å²) < 4.78 is 34.8. The van der Waals surface area contributed by atoms with Gasteiger partial charge in [-0.15, -0.1) is 10.2 Å². The van der Waals surface area contributed by atoms with Crippen LogP contribution in [0.5, 0.6) is 0 Å². The first-order valence-electron chi connectivity index (χ1n) is 11.0. The predicted molar refractivity (Wildman–Crippen MR) is 128 cm³/mol. The normalized spacial score (nSPS) is 11.7. The van der Waals surface area contributed by atoms with Gasteiger partial charge >= 0.3 is 11.9 Å². The molecule has 0 aliphatic carbocycles. The standard InChI is InChI=1S/C23H21ClF2N8O3/c1-4-14-10-19(37-32-14)22(35)29-30-23(36)27-11(2)15-6-5-12(7-17(15)25)16-8-13(24)9-18(26)20(16)21-28-33-34(3)31-21/h5-11H,4H2,1-3H3,(H,29,35)(H2,27,30,36). The lowest BCUT2D eigenvalue weighted by Crippen LogP contribution is -2.47. The van der Waals surface area contributed by atoms with E-state index < -0.39 is 29.6 Å². The number of aryl methyl sites for hydroxylation is 2. The molecule has 0 bridgehead atoms. The number of tetrazole rings is 1. The molecule has 0 radical (unpaired) electrons. The van der Waals surface area contributed by atoms with E-state index in [0.29, 0.717) is 17.7 Å². The van der Waals surface area contributed by atoms with E-state index in [0.717, 1.165) is 6.07 Å². The highest BCUT2D eigenvalue weighted by Gasteiger charge is 2.21. The van der Waals surface area contributed by atoms with Crippen molar-refractivity contribution in [2.45, 2.75) is 26.3 Å². The number of carbonyl (C=O) groups excluding carboxylic acids is 2. The lowest BCUT2D eigenvalue weighted by atomic mass is 9.96. The van der Waals surface area contributed by atoms with Gasteiger partial charge in [0.2, 0.25) is 11.6 Å². The maximum absolute atomic E-state index is 15.1. The van der Waals surface area contributed by atoms with Gasteiger partial charge in [0.1, 0.15) is 11.6 Å². The second-order valence-electron chi connectivity index (χ2n) is 7.96. The second-order valence-corrected chi connectivity index (χ2v) is 8.40. The van der Waals surface area contributed by atoms with Gasteiger partial charge in [0.15, 0.2) is 0 Å². The molecule has 3 amide bonds. The van der Waals surface area contributed by atoms with Crippen molar-refractivity contribution in [2.75, 3.05) is 0 Å². The molecule has 0 fully saturated rings. The molecule has 4 aromatic rings. The van der Waals surface area contributed by atoms with Crippen LogP contribution in [0.15, 0.2) is 40.9 Å². The number of carbonyl (C=O) groups is 2. The number of nitrogens with zero attached hydrogens (tertiary/aromatic N) is 5. The maximum atomic E-state index is 15.1. The molecule has 11 nitrogen and oxygen atoms in total. The van der Waals surface area contributed by atoms with E-state index >= 15 is 4.39 Å². The second kappa shape index (κ2) is 10.7. The summed E-state index contributed by atoms with van der Waals surface area (Å²) in [4.78, 5) is 25.4. The van der Waals surface area contributed by atoms with Gasteiger partial charge in [-0.1, -0.05) is 35.8 Å². The monoisotopic (exact) mass is 530 g/mol. The third-order valence-electron chi connectivity index (χ3n) is 5.35. The topological polar surface area (TPSA) is 140 Å². The van der Waals surface area contributed by atoms with Crippen LogP contribution in [0.2, 0.25) is 5.02 Å². The average molecular weight is 531 g/mol. The molecule has 2 heterocycles. The third kappa shape index (κ3) is 5.72. The largest absolute Gasteiger partial charge is 0.351 e. The van der Waals surface area contributed by atoms with Crippen LogP contribution in [-0.4, -0.2) is 37.3 Å². The Morgan fingerprint density at radius 3 is 2.57 bits per heavy atom. The van der Waals surface area contributed by atoms with E-state index in [-0.39, 0.29) is 33.3 Å². The van der Waals surface area contributed by atoms with Gasteiger partial charge in [-0.3, -0.25) is 10.2 Å². The van der Waals surface area contributed by atoms with Crippen molar-refractivity contribution >= 4 is 23.5 Å². The van der Waals surface area contributed by atoms with Gasteiger partial charge in [-0.25, -0.2) is 19.0 Å². The van der Waals surface area contributed by atoms with E-state index in [4.69, 9.17) is 16.1 Å². The fraction of sp³-hybridized carbons (Fsp3) is 0.217. The van der Waals surface area contributed by atoms with E-state index in [9.17, 15) is 14.0 Å². The summed E-state index contributed by atoms with van der Waals surface area (Å²) in [5.41, 5.74) is 5.68. The van der Waals surface area contributed by atoms with E-state index in [1.807, 2.05) is 6.92 Å². The highest BCUT2D eigenvalue weighted by molar-refractivity contribution is 6.31. The number of aromatic nitrogens is 5. The molecule has 0 aliphatic rings. The summed E-state index contributed by atoms with van der Waals surface area (Å²) in [5.74, 6) is -2.11. The molecular formula is C23H21ClF2N8O3. The minimum Gasteiger partial charge on any atom is -0.351 e. The van der Waals surface area contributed by atoms with Crippen molar-refractivity contribution in [3.8, 4) is 22.5 Å². The lowest BCUT2D eigenvalue weighted by molar-refractivity contribution is 0.0898. The Balaban J connectivity index is 1.48. The van der Waals surface area contributed by atoms with Crippen molar-refractivity contribution in [1.82, 2.24) is 41.5 Å². The molecule has 1 atom stereocenters. The smallest absolute Gasteiger partial charge is 0.333 e. The fourth-order valence-corrected chi connectivity index (χ4v) is 3.73. The van der Waals surface area contributed by atoms with Crippen LogP contribution in [0, 0.1) is 11.6 Å². The van der Waals surface area contributed by atoms with Gasteiger partial charge < -0.3 is 9.84 Å². The Morgan fingerprint density at radius 2 is 1.92 bits per heavy atom. The molecule has 192 valence electrons. The number of hydrogen-bond donors (Lipinski definition) is 3. The van der Waals surface area contributed by atoms with Crippen molar-refractivity contribution < 1.29 is 22.9 Å². The summed E-state index contributed by atoms with van der Waals surface area (Å²) in [6.45, 7) is 3.40. The number of urea groups is 1. The van der Waals surface area contributed by atoms with Crippen LogP contribution >= 0.6 is 11.6 Å². The Morgan fingerprint density at radius 1 is 1.14 bits per heavy atom. The lowest BCUT2D eigenvalue weighted by Gasteiger charge is -2.17. The highest BCUT2D eigenvalue weighted by atomic mass is 35.5. The number of hydrazine groups is 1. The van der Waals surface area contributed by atoms with E-state index in [2.05, 4.69) is 36.7 Å². The molecule has 3 N–H and O–H groups in total. The van der Waals surface area contributed by atoms with Crippen molar-refractivity contribution in [3.05, 3.63) is 70.1 Å². The molecule has 14 heteroatoms. The number of halogens is 3. The number of nitrogens with one attached hydrogen (secondary N) is 3. The van der Waals surface area contributed by atoms with Crippen LogP contribution in [0.4, 0.5) is 13.6 Å². The first-order chi connectivity index (χ1) is 17.7. The minimum absolute atomic E-state index is 0.0150. The van der Waals surface area contributed by atoms with Crippen molar-refractivity contribution in [1.29, 1.82) is 0 Å². The van der Waals surface area contributed by atoms with E-state index in [1.165, 1.54) is 36.1 Å². The molecule has 0 spiro atoms. The fourth-order valence-electron chi connectivity index (χ4n) is 3.53. The van der Waals surface area contributed by atoms with Crippen LogP contribution in [0.1, 0.15) is 41.7 Å². The van der Waals surface area contributed by atoms with Crippen molar-refractivity contribution in [2.24, 2.45) is 7.05 Å². The van der Waals surface area contributed by atoms with Crippen molar-refractivity contribution in [3.63, 3.8) is 0 Å². The van der Waals surface area contributed by atoms with E-state index in [1.54, 1.807) is 13.0 Å². The number of amides is 3. The molecule has 37 heavy (non-hydrogen) atoms. The molecule has 2 aromatic carbocycles. The molecular weight excluding hydrogens is 510 g/mol. The Kier molecular flexibility index (Phi) is 7.43. The quantitative estimate of drug-likeness (QED) is 0.323. The third-order valence-corrected chi connectivity index (χ3v) is 5.57. The van der Waals surface area contributed by atoms with Gasteiger partial charge in [0.25, 0.3) is 0 Å². The summed E-state index contributed by atoms with van der Waals surface area (Å²) in [5, 5.41) is 17.9. The zero-order chi connectivity index (χ0) is 26.7. The maximum Gasteiger partial charge on any atom is 0.333 e. The van der Waals surface area contributed by atoms with Gasteiger partial charge in [-0.2, -0.15) is 4.80 Å². The summed E-state index contributed by atoms with van der Waals surface area (Å²) in [6.07, 6.45) is 0.581. The summed E-state index contributed by atoms with van der Waals surface area (Å²) in [7, 11) is 1.53. The number of hydrogen-bond acceptors (Lipinski definition) is 7. The van der Waals surface area contributed by atoms with Gasteiger partial charge in [0, 0.05) is 16.7 Å². The Hall–Kier alpha value is -4.39. The first kappa shape index (κ1) is 25.7. The zero-order valence-electron chi connectivity index (χ0n) is 19.8. The molecule has 4 rings (SSSR count). The predicted octanol–water partition coefficient (Wildman–Crippen LogP) is 3.73.